The van der Waals surface area contributed by atoms with Crippen LogP contribution in [0.2, 0.25) is 5.15 Å². The number of aromatic nitrogens is 2. The average molecular weight is 227 g/mol. The Morgan fingerprint density at radius 2 is 1.93 bits per heavy atom. The highest BCUT2D eigenvalue weighted by atomic mass is 35.5. The van der Waals surface area contributed by atoms with Crippen LogP contribution in [0.3, 0.4) is 0 Å². The summed E-state index contributed by atoms with van der Waals surface area (Å²) in [5, 5.41) is 8.38. The fourth-order valence-corrected chi connectivity index (χ4v) is 1.87. The number of rotatable bonds is 2. The number of hydrogen-bond acceptors (Lipinski definition) is 4. The minimum Gasteiger partial charge on any atom is -0.353 e. The first-order valence-corrected chi connectivity index (χ1v) is 5.64. The highest BCUT2D eigenvalue weighted by Crippen LogP contribution is 2.13. The molecule has 1 aromatic rings. The zero-order chi connectivity index (χ0) is 10.7. The summed E-state index contributed by atoms with van der Waals surface area (Å²) in [4.78, 5) is 4.68. The first-order chi connectivity index (χ1) is 7.29. The molecule has 0 atom stereocenters. The third-order valence-corrected chi connectivity index (χ3v) is 2.96. The predicted octanol–water partition coefficient (Wildman–Crippen LogP) is 1.27. The summed E-state index contributed by atoms with van der Waals surface area (Å²) in [6.45, 7) is 7.55. The number of nitrogens with zero attached hydrogens (tertiary/aromatic N) is 4. The van der Waals surface area contributed by atoms with Crippen molar-refractivity contribution in [1.29, 1.82) is 0 Å². The van der Waals surface area contributed by atoms with Gasteiger partial charge >= 0.3 is 0 Å². The molecule has 2 rings (SSSR count). The van der Waals surface area contributed by atoms with Crippen LogP contribution >= 0.6 is 11.6 Å². The predicted molar refractivity (Wildman–Crippen MR) is 61.4 cm³/mol. The minimum absolute atomic E-state index is 0.450. The molecule has 15 heavy (non-hydrogen) atoms. The number of halogens is 1. The van der Waals surface area contributed by atoms with E-state index in [4.69, 9.17) is 11.6 Å². The lowest BCUT2D eigenvalue weighted by molar-refractivity contribution is 0.270. The minimum atomic E-state index is 0.450. The summed E-state index contributed by atoms with van der Waals surface area (Å²) < 4.78 is 0. The zero-order valence-electron chi connectivity index (χ0n) is 8.86. The van der Waals surface area contributed by atoms with Crippen molar-refractivity contribution in [2.24, 2.45) is 0 Å². The van der Waals surface area contributed by atoms with Gasteiger partial charge in [-0.3, -0.25) is 0 Å². The SMILES string of the molecule is CCN1CCN(c2ccc(Cl)nn2)CC1. The van der Waals surface area contributed by atoms with Crippen molar-refractivity contribution in [3.05, 3.63) is 17.3 Å². The van der Waals surface area contributed by atoms with Crippen molar-refractivity contribution in [3.63, 3.8) is 0 Å². The summed E-state index contributed by atoms with van der Waals surface area (Å²) in [5.41, 5.74) is 0. The molecule has 82 valence electrons. The number of likely N-dealkylation sites (N-methyl/N-ethyl adjacent to an activating group) is 1. The van der Waals surface area contributed by atoms with E-state index in [0.717, 1.165) is 38.5 Å². The fraction of sp³-hybridized carbons (Fsp3) is 0.600. The van der Waals surface area contributed by atoms with Crippen molar-refractivity contribution in [1.82, 2.24) is 15.1 Å². The molecule has 0 aromatic carbocycles. The van der Waals surface area contributed by atoms with E-state index in [-0.39, 0.29) is 0 Å². The van der Waals surface area contributed by atoms with Crippen molar-refractivity contribution in [2.75, 3.05) is 37.6 Å². The third-order valence-electron chi connectivity index (χ3n) is 2.76. The largest absolute Gasteiger partial charge is 0.353 e. The van der Waals surface area contributed by atoms with E-state index in [1.165, 1.54) is 0 Å². The maximum atomic E-state index is 5.70. The molecule has 1 saturated heterocycles. The van der Waals surface area contributed by atoms with Gasteiger partial charge < -0.3 is 9.80 Å². The molecule has 1 fully saturated rings. The smallest absolute Gasteiger partial charge is 0.151 e. The fourth-order valence-electron chi connectivity index (χ4n) is 1.77. The Hall–Kier alpha value is -0.870. The molecule has 0 N–H and O–H groups in total. The first kappa shape index (κ1) is 10.6. The van der Waals surface area contributed by atoms with E-state index in [2.05, 4.69) is 26.9 Å². The van der Waals surface area contributed by atoms with Crippen LogP contribution in [0.25, 0.3) is 0 Å². The van der Waals surface area contributed by atoms with Crippen molar-refractivity contribution in [2.45, 2.75) is 6.92 Å². The van der Waals surface area contributed by atoms with E-state index in [1.54, 1.807) is 6.07 Å². The molecule has 2 heterocycles. The lowest BCUT2D eigenvalue weighted by atomic mass is 10.3. The maximum absolute atomic E-state index is 5.70. The van der Waals surface area contributed by atoms with Gasteiger partial charge in [0.05, 0.1) is 0 Å². The van der Waals surface area contributed by atoms with Gasteiger partial charge in [-0.25, -0.2) is 0 Å². The van der Waals surface area contributed by atoms with E-state index in [0.29, 0.717) is 5.15 Å². The summed E-state index contributed by atoms with van der Waals surface area (Å²) in [6.07, 6.45) is 0. The van der Waals surface area contributed by atoms with E-state index >= 15 is 0 Å². The molecule has 0 spiro atoms. The van der Waals surface area contributed by atoms with Gasteiger partial charge in [0, 0.05) is 26.2 Å². The van der Waals surface area contributed by atoms with Gasteiger partial charge in [0.25, 0.3) is 0 Å². The van der Waals surface area contributed by atoms with Gasteiger partial charge in [0.2, 0.25) is 0 Å². The molecule has 1 aliphatic heterocycles. The van der Waals surface area contributed by atoms with Crippen LogP contribution in [0.5, 0.6) is 0 Å². The maximum Gasteiger partial charge on any atom is 0.151 e. The Kier molecular flexibility index (Phi) is 3.38. The molecule has 0 aliphatic carbocycles. The van der Waals surface area contributed by atoms with Crippen molar-refractivity contribution >= 4 is 17.4 Å². The lowest BCUT2D eigenvalue weighted by Gasteiger charge is -2.34. The standard InChI is InChI=1S/C10H15ClN4/c1-2-14-5-7-15(8-6-14)10-4-3-9(11)12-13-10/h3-4H,2,5-8H2,1H3. The van der Waals surface area contributed by atoms with Gasteiger partial charge in [-0.05, 0) is 18.7 Å². The second-order valence-electron chi connectivity index (χ2n) is 3.64. The molecule has 1 aromatic heterocycles. The second kappa shape index (κ2) is 4.77. The number of piperazine rings is 1. The summed E-state index contributed by atoms with van der Waals surface area (Å²) in [5.74, 6) is 0.926. The zero-order valence-corrected chi connectivity index (χ0v) is 9.61. The molecule has 4 nitrogen and oxygen atoms in total. The van der Waals surface area contributed by atoms with Crippen LogP contribution < -0.4 is 4.90 Å². The van der Waals surface area contributed by atoms with Crippen LogP contribution in [0.1, 0.15) is 6.92 Å². The Labute approximate surface area is 94.8 Å². The van der Waals surface area contributed by atoms with E-state index in [1.807, 2.05) is 6.07 Å². The highest BCUT2D eigenvalue weighted by molar-refractivity contribution is 6.29. The summed E-state index contributed by atoms with van der Waals surface area (Å²) in [6, 6.07) is 3.72. The molecule has 1 aliphatic rings. The Morgan fingerprint density at radius 1 is 1.20 bits per heavy atom. The van der Waals surface area contributed by atoms with E-state index < -0.39 is 0 Å². The quantitative estimate of drug-likeness (QED) is 0.761. The molecule has 0 amide bonds. The van der Waals surface area contributed by atoms with Gasteiger partial charge in [-0.1, -0.05) is 18.5 Å². The van der Waals surface area contributed by atoms with Crippen LogP contribution in [0.15, 0.2) is 12.1 Å². The first-order valence-electron chi connectivity index (χ1n) is 5.26. The van der Waals surface area contributed by atoms with Crippen molar-refractivity contribution in [3.8, 4) is 0 Å². The monoisotopic (exact) mass is 226 g/mol. The third kappa shape index (κ3) is 2.58. The van der Waals surface area contributed by atoms with Gasteiger partial charge in [-0.2, -0.15) is 0 Å². The highest BCUT2D eigenvalue weighted by Gasteiger charge is 2.16. The lowest BCUT2D eigenvalue weighted by Crippen LogP contribution is -2.46. The van der Waals surface area contributed by atoms with Crippen LogP contribution in [-0.2, 0) is 0 Å². The Balaban J connectivity index is 1.98. The molecular weight excluding hydrogens is 212 g/mol. The normalized spacial score (nSPS) is 18.1. The van der Waals surface area contributed by atoms with Gasteiger partial charge in [-0.15, -0.1) is 10.2 Å². The van der Waals surface area contributed by atoms with Gasteiger partial charge in [0.15, 0.2) is 11.0 Å². The molecule has 0 saturated carbocycles. The molecule has 0 unspecified atom stereocenters. The molecule has 0 radical (unpaired) electrons. The topological polar surface area (TPSA) is 32.3 Å². The molecule has 0 bridgehead atoms. The van der Waals surface area contributed by atoms with Crippen LogP contribution in [0, 0.1) is 0 Å². The van der Waals surface area contributed by atoms with Crippen LogP contribution in [-0.4, -0.2) is 47.8 Å². The van der Waals surface area contributed by atoms with Gasteiger partial charge in [0.1, 0.15) is 0 Å². The van der Waals surface area contributed by atoms with Crippen molar-refractivity contribution < 1.29 is 0 Å². The van der Waals surface area contributed by atoms with Crippen LogP contribution in [0.4, 0.5) is 5.82 Å². The van der Waals surface area contributed by atoms with E-state index in [9.17, 15) is 0 Å². The summed E-state index contributed by atoms with van der Waals surface area (Å²) >= 11 is 5.70. The second-order valence-corrected chi connectivity index (χ2v) is 4.02. The Morgan fingerprint density at radius 3 is 2.47 bits per heavy atom. The molecular formula is C10H15ClN4. The number of anilines is 1. The average Bonchev–Trinajstić information content (AvgIpc) is 2.30. The molecule has 5 heteroatoms. The summed E-state index contributed by atoms with van der Waals surface area (Å²) in [7, 11) is 0. The Bertz CT molecular complexity index is 306. The number of hydrogen-bond donors (Lipinski definition) is 0.